The summed E-state index contributed by atoms with van der Waals surface area (Å²) in [4.78, 5) is 0. The summed E-state index contributed by atoms with van der Waals surface area (Å²) in [6.07, 6.45) is 3.15. The number of hydrogen-bond acceptors (Lipinski definition) is 2. The van der Waals surface area contributed by atoms with Gasteiger partial charge in [0.1, 0.15) is 0 Å². The van der Waals surface area contributed by atoms with Crippen LogP contribution in [0.1, 0.15) is 43.1 Å². The van der Waals surface area contributed by atoms with E-state index < -0.39 is 0 Å². The van der Waals surface area contributed by atoms with Crippen molar-refractivity contribution in [2.24, 2.45) is 0 Å². The molecule has 3 nitrogen and oxygen atoms in total. The fourth-order valence-electron chi connectivity index (χ4n) is 2.27. The van der Waals surface area contributed by atoms with Crippen molar-refractivity contribution >= 4 is 0 Å². The second-order valence-electron chi connectivity index (χ2n) is 5.00. The lowest BCUT2D eigenvalue weighted by molar-refractivity contribution is 0.565. The molecule has 1 atom stereocenters. The first-order valence-electron chi connectivity index (χ1n) is 7.02. The molecule has 19 heavy (non-hydrogen) atoms. The topological polar surface area (TPSA) is 29.9 Å². The van der Waals surface area contributed by atoms with Gasteiger partial charge in [0.25, 0.3) is 0 Å². The zero-order valence-corrected chi connectivity index (χ0v) is 12.1. The fraction of sp³-hybridized carbons (Fsp3) is 0.438. The Labute approximate surface area is 115 Å². The average Bonchev–Trinajstić information content (AvgIpc) is 2.79. The van der Waals surface area contributed by atoms with Crippen molar-refractivity contribution in [3.63, 3.8) is 0 Å². The Bertz CT molecular complexity index is 502. The lowest BCUT2D eigenvalue weighted by Crippen LogP contribution is -2.19. The van der Waals surface area contributed by atoms with Crippen LogP contribution in [0.25, 0.3) is 0 Å². The summed E-state index contributed by atoms with van der Waals surface area (Å²) in [5.41, 5.74) is 3.83. The number of rotatable bonds is 6. The van der Waals surface area contributed by atoms with Crippen LogP contribution in [0.15, 0.2) is 36.5 Å². The predicted molar refractivity (Wildman–Crippen MR) is 79.2 cm³/mol. The molecule has 0 spiro atoms. The fourth-order valence-corrected chi connectivity index (χ4v) is 2.27. The number of nitrogens with one attached hydrogen (secondary N) is 1. The zero-order valence-electron chi connectivity index (χ0n) is 12.1. The zero-order chi connectivity index (χ0) is 13.7. The maximum Gasteiger partial charge on any atom is 0.0662 e. The molecular formula is C16H23N3. The smallest absolute Gasteiger partial charge is 0.0662 e. The maximum absolute atomic E-state index is 4.52. The largest absolute Gasteiger partial charge is 0.310 e. The van der Waals surface area contributed by atoms with Crippen LogP contribution in [0.3, 0.4) is 0 Å². The van der Waals surface area contributed by atoms with E-state index in [9.17, 15) is 0 Å². The number of hydrogen-bond donors (Lipinski definition) is 1. The highest BCUT2D eigenvalue weighted by Gasteiger charge is 2.12. The number of benzene rings is 1. The molecule has 0 bridgehead atoms. The first-order valence-corrected chi connectivity index (χ1v) is 7.02. The van der Waals surface area contributed by atoms with E-state index in [1.54, 1.807) is 0 Å². The molecule has 1 unspecified atom stereocenters. The van der Waals surface area contributed by atoms with Crippen molar-refractivity contribution in [3.8, 4) is 0 Å². The van der Waals surface area contributed by atoms with Gasteiger partial charge in [-0.25, -0.2) is 0 Å². The molecule has 1 N–H and O–H groups in total. The highest BCUT2D eigenvalue weighted by atomic mass is 15.3. The van der Waals surface area contributed by atoms with Gasteiger partial charge in [0, 0.05) is 17.3 Å². The Morgan fingerprint density at radius 2 is 2.00 bits per heavy atom. The first-order chi connectivity index (χ1) is 9.22. The molecule has 3 heteroatoms. The summed E-state index contributed by atoms with van der Waals surface area (Å²) in [7, 11) is 0. The molecule has 0 saturated carbocycles. The summed E-state index contributed by atoms with van der Waals surface area (Å²) in [5, 5.41) is 8.03. The van der Waals surface area contributed by atoms with E-state index in [1.165, 1.54) is 16.8 Å². The van der Waals surface area contributed by atoms with Gasteiger partial charge in [0.05, 0.1) is 12.7 Å². The van der Waals surface area contributed by atoms with Gasteiger partial charge in [-0.1, -0.05) is 37.3 Å². The monoisotopic (exact) mass is 257 g/mol. The van der Waals surface area contributed by atoms with Crippen LogP contribution < -0.4 is 5.32 Å². The quantitative estimate of drug-likeness (QED) is 0.860. The molecular weight excluding hydrogens is 234 g/mol. The third-order valence-corrected chi connectivity index (χ3v) is 3.48. The Kier molecular flexibility index (Phi) is 4.74. The van der Waals surface area contributed by atoms with Gasteiger partial charge >= 0.3 is 0 Å². The Morgan fingerprint density at radius 1 is 1.26 bits per heavy atom. The van der Waals surface area contributed by atoms with Crippen LogP contribution >= 0.6 is 0 Å². The molecule has 2 aromatic rings. The van der Waals surface area contributed by atoms with Crippen LogP contribution in [-0.2, 0) is 6.54 Å². The SMILES string of the molecule is CCCNC(C)c1cnn(Cc2ccccc2)c1C. The van der Waals surface area contributed by atoms with E-state index in [-0.39, 0.29) is 0 Å². The molecule has 0 fully saturated rings. The highest BCUT2D eigenvalue weighted by Crippen LogP contribution is 2.17. The molecule has 1 heterocycles. The second kappa shape index (κ2) is 6.53. The molecule has 0 aliphatic rings. The van der Waals surface area contributed by atoms with Gasteiger partial charge in [-0.15, -0.1) is 0 Å². The van der Waals surface area contributed by atoms with Crippen LogP contribution in [0, 0.1) is 6.92 Å². The van der Waals surface area contributed by atoms with Crippen molar-refractivity contribution in [3.05, 3.63) is 53.3 Å². The van der Waals surface area contributed by atoms with Crippen molar-refractivity contribution in [1.29, 1.82) is 0 Å². The summed E-state index contributed by atoms with van der Waals surface area (Å²) in [5.74, 6) is 0. The Balaban J connectivity index is 2.10. The summed E-state index contributed by atoms with van der Waals surface area (Å²) in [6.45, 7) is 8.42. The molecule has 0 amide bonds. The van der Waals surface area contributed by atoms with Crippen molar-refractivity contribution < 1.29 is 0 Å². The maximum atomic E-state index is 4.52. The first kappa shape index (κ1) is 13.8. The standard InChI is InChI=1S/C16H23N3/c1-4-10-17-13(2)16-11-18-19(14(16)3)12-15-8-6-5-7-9-15/h5-9,11,13,17H,4,10,12H2,1-3H3. The minimum absolute atomic E-state index is 0.365. The van der Waals surface area contributed by atoms with Gasteiger partial charge < -0.3 is 5.32 Å². The van der Waals surface area contributed by atoms with Crippen molar-refractivity contribution in [2.75, 3.05) is 6.54 Å². The van der Waals surface area contributed by atoms with Crippen LogP contribution in [0.2, 0.25) is 0 Å². The Hall–Kier alpha value is -1.61. The second-order valence-corrected chi connectivity index (χ2v) is 5.00. The molecule has 0 saturated heterocycles. The minimum Gasteiger partial charge on any atom is -0.310 e. The molecule has 0 radical (unpaired) electrons. The van der Waals surface area contributed by atoms with Gasteiger partial charge in [-0.2, -0.15) is 5.10 Å². The average molecular weight is 257 g/mol. The van der Waals surface area contributed by atoms with Crippen LogP contribution in [-0.4, -0.2) is 16.3 Å². The summed E-state index contributed by atoms with van der Waals surface area (Å²) < 4.78 is 2.08. The van der Waals surface area contributed by atoms with E-state index in [4.69, 9.17) is 0 Å². The van der Waals surface area contributed by atoms with E-state index in [2.05, 4.69) is 60.1 Å². The molecule has 2 rings (SSSR count). The van der Waals surface area contributed by atoms with Gasteiger partial charge in [-0.05, 0) is 32.4 Å². The molecule has 102 valence electrons. The van der Waals surface area contributed by atoms with E-state index in [1.807, 2.05) is 12.3 Å². The van der Waals surface area contributed by atoms with E-state index >= 15 is 0 Å². The lowest BCUT2D eigenvalue weighted by Gasteiger charge is -2.13. The number of nitrogens with zero attached hydrogens (tertiary/aromatic N) is 2. The highest BCUT2D eigenvalue weighted by molar-refractivity contribution is 5.22. The minimum atomic E-state index is 0.365. The summed E-state index contributed by atoms with van der Waals surface area (Å²) >= 11 is 0. The predicted octanol–water partition coefficient (Wildman–Crippen LogP) is 3.30. The van der Waals surface area contributed by atoms with Gasteiger partial charge in [-0.3, -0.25) is 4.68 Å². The molecule has 0 aliphatic carbocycles. The molecule has 1 aromatic heterocycles. The van der Waals surface area contributed by atoms with Crippen LogP contribution in [0.5, 0.6) is 0 Å². The van der Waals surface area contributed by atoms with Crippen molar-refractivity contribution in [2.45, 2.75) is 39.8 Å². The van der Waals surface area contributed by atoms with E-state index in [0.717, 1.165) is 19.5 Å². The van der Waals surface area contributed by atoms with Crippen molar-refractivity contribution in [1.82, 2.24) is 15.1 Å². The molecule has 1 aromatic carbocycles. The number of aromatic nitrogens is 2. The normalized spacial score (nSPS) is 12.6. The third-order valence-electron chi connectivity index (χ3n) is 3.48. The van der Waals surface area contributed by atoms with Gasteiger partial charge in [0.15, 0.2) is 0 Å². The van der Waals surface area contributed by atoms with E-state index in [0.29, 0.717) is 6.04 Å². The van der Waals surface area contributed by atoms with Crippen LogP contribution in [0.4, 0.5) is 0 Å². The lowest BCUT2D eigenvalue weighted by atomic mass is 10.1. The Morgan fingerprint density at radius 3 is 2.68 bits per heavy atom. The molecule has 0 aliphatic heterocycles. The third kappa shape index (κ3) is 3.44. The summed E-state index contributed by atoms with van der Waals surface area (Å²) in [6, 6.07) is 10.8. The van der Waals surface area contributed by atoms with Gasteiger partial charge in [0.2, 0.25) is 0 Å².